The molecule has 0 aliphatic heterocycles. The summed E-state index contributed by atoms with van der Waals surface area (Å²) < 4.78 is 33.2. The van der Waals surface area contributed by atoms with Crippen LogP contribution in [0.1, 0.15) is 35.3 Å². The van der Waals surface area contributed by atoms with Crippen LogP contribution in [0.4, 0.5) is 0 Å². The monoisotopic (exact) mass is 444 g/mol. The maximum atomic E-state index is 13.0. The van der Waals surface area contributed by atoms with Gasteiger partial charge in [0.1, 0.15) is 5.01 Å². The zero-order valence-corrected chi connectivity index (χ0v) is 16.7. The van der Waals surface area contributed by atoms with Gasteiger partial charge in [0.05, 0.1) is 18.0 Å². The first-order chi connectivity index (χ1) is 11.9. The number of benzene rings is 1. The van der Waals surface area contributed by atoms with Crippen LogP contribution in [0.25, 0.3) is 0 Å². The van der Waals surface area contributed by atoms with Crippen LogP contribution in [0.3, 0.4) is 0 Å². The molecule has 0 saturated heterocycles. The average molecular weight is 445 g/mol. The van der Waals surface area contributed by atoms with E-state index in [0.29, 0.717) is 5.01 Å². The van der Waals surface area contributed by atoms with Crippen LogP contribution in [-0.4, -0.2) is 36.3 Å². The quantitative estimate of drug-likeness (QED) is 0.611. The Bertz CT molecular complexity index is 861. The molecule has 1 saturated carbocycles. The van der Waals surface area contributed by atoms with Gasteiger partial charge in [-0.3, -0.25) is 0 Å². The second kappa shape index (κ2) is 7.53. The fourth-order valence-corrected chi connectivity index (χ4v) is 5.08. The van der Waals surface area contributed by atoms with E-state index in [2.05, 4.69) is 20.9 Å². The predicted molar refractivity (Wildman–Crippen MR) is 98.0 cm³/mol. The molecule has 9 heteroatoms. The SMILES string of the molecule is CCOC(=O)c1csc(CN(C2CC2)S(=O)(=O)c2ccc(Br)cc2)n1. The summed E-state index contributed by atoms with van der Waals surface area (Å²) >= 11 is 4.58. The van der Waals surface area contributed by atoms with Gasteiger partial charge in [-0.05, 0) is 44.0 Å². The van der Waals surface area contributed by atoms with Crippen molar-refractivity contribution in [2.75, 3.05) is 6.61 Å². The molecule has 0 amide bonds. The van der Waals surface area contributed by atoms with Gasteiger partial charge in [0.25, 0.3) is 0 Å². The summed E-state index contributed by atoms with van der Waals surface area (Å²) in [7, 11) is -3.61. The van der Waals surface area contributed by atoms with Crippen molar-refractivity contribution in [2.24, 2.45) is 0 Å². The van der Waals surface area contributed by atoms with Crippen LogP contribution in [0, 0.1) is 0 Å². The molecule has 0 N–H and O–H groups in total. The van der Waals surface area contributed by atoms with Crippen molar-refractivity contribution in [2.45, 2.75) is 37.2 Å². The van der Waals surface area contributed by atoms with Gasteiger partial charge in [-0.2, -0.15) is 4.31 Å². The first-order valence-corrected chi connectivity index (χ1v) is 10.9. The summed E-state index contributed by atoms with van der Waals surface area (Å²) in [6.07, 6.45) is 1.68. The van der Waals surface area contributed by atoms with Crippen LogP contribution in [0.5, 0.6) is 0 Å². The molecular weight excluding hydrogens is 428 g/mol. The molecule has 0 spiro atoms. The Labute approximate surface area is 159 Å². The number of rotatable bonds is 7. The molecule has 1 aliphatic carbocycles. The fraction of sp³-hybridized carbons (Fsp3) is 0.375. The van der Waals surface area contributed by atoms with E-state index in [1.54, 1.807) is 36.6 Å². The van der Waals surface area contributed by atoms with E-state index < -0.39 is 16.0 Å². The lowest BCUT2D eigenvalue weighted by molar-refractivity contribution is 0.0520. The average Bonchev–Trinajstić information content (AvgIpc) is 3.30. The highest BCUT2D eigenvalue weighted by Gasteiger charge is 2.38. The molecular formula is C16H17BrN2O4S2. The summed E-state index contributed by atoms with van der Waals surface area (Å²) in [5, 5.41) is 2.18. The largest absolute Gasteiger partial charge is 0.461 e. The highest BCUT2D eigenvalue weighted by Crippen LogP contribution is 2.34. The molecule has 1 aromatic heterocycles. The first-order valence-electron chi connectivity index (χ1n) is 7.80. The Hall–Kier alpha value is -1.29. The zero-order valence-electron chi connectivity index (χ0n) is 13.5. The third-order valence-corrected chi connectivity index (χ3v) is 6.98. The predicted octanol–water partition coefficient (Wildman–Crippen LogP) is 3.44. The molecule has 25 heavy (non-hydrogen) atoms. The topological polar surface area (TPSA) is 76.6 Å². The van der Waals surface area contributed by atoms with Crippen molar-refractivity contribution in [3.8, 4) is 0 Å². The van der Waals surface area contributed by atoms with Crippen molar-refractivity contribution >= 4 is 43.3 Å². The summed E-state index contributed by atoms with van der Waals surface area (Å²) in [5.41, 5.74) is 0.221. The second-order valence-corrected chi connectivity index (χ2v) is 9.33. The van der Waals surface area contributed by atoms with Crippen molar-refractivity contribution < 1.29 is 17.9 Å². The molecule has 3 rings (SSSR count). The number of carbonyl (C=O) groups is 1. The summed E-state index contributed by atoms with van der Waals surface area (Å²) in [6.45, 7) is 2.16. The van der Waals surface area contributed by atoms with E-state index in [9.17, 15) is 13.2 Å². The first kappa shape index (κ1) is 18.5. The molecule has 0 radical (unpaired) electrons. The Morgan fingerprint density at radius 3 is 2.64 bits per heavy atom. The molecule has 0 unspecified atom stereocenters. The van der Waals surface area contributed by atoms with E-state index in [1.807, 2.05) is 0 Å². The molecule has 1 aromatic carbocycles. The van der Waals surface area contributed by atoms with Gasteiger partial charge in [0.2, 0.25) is 10.0 Å². The highest BCUT2D eigenvalue weighted by molar-refractivity contribution is 9.10. The minimum atomic E-state index is -3.61. The maximum absolute atomic E-state index is 13.0. The number of carbonyl (C=O) groups excluding carboxylic acids is 1. The van der Waals surface area contributed by atoms with Gasteiger partial charge in [-0.25, -0.2) is 18.2 Å². The van der Waals surface area contributed by atoms with Crippen LogP contribution >= 0.6 is 27.3 Å². The van der Waals surface area contributed by atoms with Gasteiger partial charge in [-0.15, -0.1) is 11.3 Å². The number of hydrogen-bond donors (Lipinski definition) is 0. The normalized spacial score (nSPS) is 14.7. The van der Waals surface area contributed by atoms with E-state index in [0.717, 1.165) is 17.3 Å². The molecule has 0 bridgehead atoms. The van der Waals surface area contributed by atoms with E-state index in [1.165, 1.54) is 15.6 Å². The number of hydrogen-bond acceptors (Lipinski definition) is 6. The minimum absolute atomic E-state index is 0.0106. The number of ether oxygens (including phenoxy) is 1. The van der Waals surface area contributed by atoms with Gasteiger partial charge in [0.15, 0.2) is 5.69 Å². The Morgan fingerprint density at radius 2 is 2.04 bits per heavy atom. The molecule has 0 atom stereocenters. The van der Waals surface area contributed by atoms with Gasteiger partial charge in [-0.1, -0.05) is 15.9 Å². The highest BCUT2D eigenvalue weighted by atomic mass is 79.9. The van der Waals surface area contributed by atoms with Gasteiger partial charge >= 0.3 is 5.97 Å². The third-order valence-electron chi connectivity index (χ3n) is 3.70. The lowest BCUT2D eigenvalue weighted by atomic mass is 10.4. The Balaban J connectivity index is 1.82. The number of halogens is 1. The lowest BCUT2D eigenvalue weighted by Gasteiger charge is -2.20. The van der Waals surface area contributed by atoms with Crippen LogP contribution in [0.2, 0.25) is 0 Å². The summed E-state index contributed by atoms with van der Waals surface area (Å²) in [6, 6.07) is 6.57. The molecule has 1 heterocycles. The third kappa shape index (κ3) is 4.28. The summed E-state index contributed by atoms with van der Waals surface area (Å²) in [5.74, 6) is -0.487. The van der Waals surface area contributed by atoms with Crippen molar-refractivity contribution in [3.63, 3.8) is 0 Å². The lowest BCUT2D eigenvalue weighted by Crippen LogP contribution is -2.32. The standard InChI is InChI=1S/C16H17BrN2O4S2/c1-2-23-16(20)14-10-24-15(18-14)9-19(12-5-6-12)25(21,22)13-7-3-11(17)4-8-13/h3-4,7-8,10,12H,2,5-6,9H2,1H3. The molecule has 6 nitrogen and oxygen atoms in total. The second-order valence-electron chi connectivity index (χ2n) is 5.58. The number of aromatic nitrogens is 1. The maximum Gasteiger partial charge on any atom is 0.357 e. The smallest absolute Gasteiger partial charge is 0.357 e. The molecule has 134 valence electrons. The number of nitrogens with zero attached hydrogens (tertiary/aromatic N) is 2. The van der Waals surface area contributed by atoms with Crippen molar-refractivity contribution in [1.29, 1.82) is 0 Å². The number of sulfonamides is 1. The van der Waals surface area contributed by atoms with Gasteiger partial charge in [0, 0.05) is 15.9 Å². The number of esters is 1. The Morgan fingerprint density at radius 1 is 1.36 bits per heavy atom. The van der Waals surface area contributed by atoms with Crippen LogP contribution in [-0.2, 0) is 21.3 Å². The molecule has 1 aliphatic rings. The van der Waals surface area contributed by atoms with Crippen molar-refractivity contribution in [1.82, 2.24) is 9.29 Å². The Kier molecular flexibility index (Phi) is 5.57. The number of thiazole rings is 1. The fourth-order valence-electron chi connectivity index (χ4n) is 2.33. The van der Waals surface area contributed by atoms with Crippen LogP contribution < -0.4 is 0 Å². The molecule has 2 aromatic rings. The van der Waals surface area contributed by atoms with Crippen LogP contribution in [0.15, 0.2) is 39.0 Å². The zero-order chi connectivity index (χ0) is 18.0. The molecule has 1 fully saturated rings. The minimum Gasteiger partial charge on any atom is -0.461 e. The van der Waals surface area contributed by atoms with E-state index in [4.69, 9.17) is 4.74 Å². The van der Waals surface area contributed by atoms with E-state index >= 15 is 0 Å². The van der Waals surface area contributed by atoms with Gasteiger partial charge < -0.3 is 4.74 Å². The van der Waals surface area contributed by atoms with E-state index in [-0.39, 0.29) is 29.8 Å². The van der Waals surface area contributed by atoms with Crippen molar-refractivity contribution in [3.05, 3.63) is 44.8 Å². The summed E-state index contributed by atoms with van der Waals surface area (Å²) in [4.78, 5) is 16.2.